The Morgan fingerprint density at radius 1 is 0.535 bits per heavy atom. The molecule has 7 atom stereocenters. The lowest BCUT2D eigenvalue weighted by molar-refractivity contribution is -0.171. The van der Waals surface area contributed by atoms with Crippen molar-refractivity contribution in [1.29, 1.82) is 0 Å². The maximum atomic E-state index is 14.2. The van der Waals surface area contributed by atoms with Gasteiger partial charge in [-0.2, -0.15) is 0 Å². The van der Waals surface area contributed by atoms with E-state index in [9.17, 15) is 38.4 Å². The predicted octanol–water partition coefficient (Wildman–Crippen LogP) is 2.02. The molecule has 20 nitrogen and oxygen atoms in total. The summed E-state index contributed by atoms with van der Waals surface area (Å²) in [4.78, 5) is 119. The maximum Gasteiger partial charge on any atom is 0.329 e. The second-order valence-electron chi connectivity index (χ2n) is 19.1. The van der Waals surface area contributed by atoms with Crippen LogP contribution in [0.5, 0.6) is 0 Å². The van der Waals surface area contributed by atoms with Gasteiger partial charge in [-0.15, -0.1) is 0 Å². The van der Waals surface area contributed by atoms with Gasteiger partial charge in [0.2, 0.25) is 0 Å². The molecule has 4 amide bonds. The summed E-state index contributed by atoms with van der Waals surface area (Å²) in [5.41, 5.74) is 3.18. The van der Waals surface area contributed by atoms with Crippen LogP contribution in [0.1, 0.15) is 59.6 Å². The average molecular weight is 993 g/mol. The summed E-state index contributed by atoms with van der Waals surface area (Å²) in [6, 6.07) is 12.7. The summed E-state index contributed by atoms with van der Waals surface area (Å²) in [5.74, 6) is -8.63. The van der Waals surface area contributed by atoms with Crippen molar-refractivity contribution in [2.45, 2.75) is 97.8 Å². The molecule has 2 aromatic rings. The van der Waals surface area contributed by atoms with Crippen LogP contribution in [0.4, 0.5) is 11.4 Å². The summed E-state index contributed by atoms with van der Waals surface area (Å²) in [6.07, 6.45) is -5.91. The molecule has 0 saturated carbocycles. The van der Waals surface area contributed by atoms with Gasteiger partial charge in [0.15, 0.2) is 24.4 Å². The number of amides is 4. The van der Waals surface area contributed by atoms with Crippen molar-refractivity contribution in [3.8, 4) is 0 Å². The summed E-state index contributed by atoms with van der Waals surface area (Å²) in [7, 11) is 4.01. The second-order valence-corrected chi connectivity index (χ2v) is 19.1. The van der Waals surface area contributed by atoms with Gasteiger partial charge in [0.1, 0.15) is 19.1 Å². The molecular formula is C51H72N6O14. The van der Waals surface area contributed by atoms with Gasteiger partial charge in [0.25, 0.3) is 23.6 Å². The standard InChI is InChI=1S/C51H72N6O14/c1-31(2)44-33(5)52-46(60)34(6)68-42(58)29-53(8)49(63)41(28-37-13-17-39(18-14-37)57-21-25-67-26-22-57)71-51(65)45(32(3)4)55(10)47(61)35(7)69-43(59)30-54(9)48(62)40(70-50(44)64)27-36-11-15-38(16-12-36)56-19-23-66-24-20-56/h11-18,31-35,40-41,44-45H,19-30H2,1-10H3,(H,52,60). The third-order valence-electron chi connectivity index (χ3n) is 12.9. The number of nitrogens with zero attached hydrogens (tertiary/aromatic N) is 5. The zero-order valence-corrected chi connectivity index (χ0v) is 42.8. The Hall–Kier alpha value is -6.28. The molecule has 7 unspecified atom stereocenters. The number of carbonyl (C=O) groups is 8. The van der Waals surface area contributed by atoms with Crippen LogP contribution in [0, 0.1) is 17.8 Å². The molecule has 1 N–H and O–H groups in total. The minimum absolute atomic E-state index is 0.0721. The lowest BCUT2D eigenvalue weighted by Gasteiger charge is -2.33. The number of hydrogen-bond donors (Lipinski definition) is 1. The van der Waals surface area contributed by atoms with Crippen LogP contribution in [0.25, 0.3) is 0 Å². The largest absolute Gasteiger partial charge is 0.452 e. The number of nitrogens with one attached hydrogen (secondary N) is 1. The number of likely N-dealkylation sites (N-methyl/N-ethyl adjacent to an activating group) is 3. The van der Waals surface area contributed by atoms with E-state index in [0.29, 0.717) is 63.7 Å². The van der Waals surface area contributed by atoms with Crippen molar-refractivity contribution < 1.29 is 66.8 Å². The zero-order valence-electron chi connectivity index (χ0n) is 42.8. The van der Waals surface area contributed by atoms with Gasteiger partial charge in [-0.05, 0) is 68.0 Å². The van der Waals surface area contributed by atoms with Gasteiger partial charge in [0, 0.05) is 77.6 Å². The fourth-order valence-electron chi connectivity index (χ4n) is 8.94. The summed E-state index contributed by atoms with van der Waals surface area (Å²) in [5, 5.41) is 2.74. The van der Waals surface area contributed by atoms with E-state index >= 15 is 0 Å². The molecule has 3 saturated heterocycles. The Morgan fingerprint density at radius 3 is 1.35 bits per heavy atom. The van der Waals surface area contributed by atoms with Crippen LogP contribution in [-0.4, -0.2) is 186 Å². The predicted molar refractivity (Wildman–Crippen MR) is 260 cm³/mol. The van der Waals surface area contributed by atoms with E-state index in [1.807, 2.05) is 36.4 Å². The highest BCUT2D eigenvalue weighted by Crippen LogP contribution is 2.24. The van der Waals surface area contributed by atoms with E-state index in [1.165, 1.54) is 35.0 Å². The topological polar surface area (TPSA) is 220 Å². The quantitative estimate of drug-likeness (QED) is 0.296. The normalized spacial score (nSPS) is 26.1. The monoisotopic (exact) mass is 993 g/mol. The smallest absolute Gasteiger partial charge is 0.329 e. The van der Waals surface area contributed by atoms with Gasteiger partial charge in [-0.3, -0.25) is 33.6 Å². The van der Waals surface area contributed by atoms with Crippen LogP contribution in [-0.2, 0) is 79.6 Å². The first-order valence-corrected chi connectivity index (χ1v) is 24.3. The number of morpholine rings is 2. The number of cyclic esters (lactones) is 4. The minimum atomic E-state index is -1.48. The Morgan fingerprint density at radius 2 is 0.944 bits per heavy atom. The van der Waals surface area contributed by atoms with Crippen molar-refractivity contribution in [3.63, 3.8) is 0 Å². The minimum Gasteiger partial charge on any atom is -0.452 e. The molecule has 0 radical (unpaired) electrons. The van der Waals surface area contributed by atoms with Crippen LogP contribution < -0.4 is 15.1 Å². The number of carbonyl (C=O) groups excluding carboxylic acids is 8. The van der Waals surface area contributed by atoms with Gasteiger partial charge in [-0.1, -0.05) is 52.0 Å². The van der Waals surface area contributed by atoms with Gasteiger partial charge in [-0.25, -0.2) is 4.79 Å². The van der Waals surface area contributed by atoms with Gasteiger partial charge in [0.05, 0.1) is 32.3 Å². The van der Waals surface area contributed by atoms with E-state index in [0.717, 1.165) is 26.1 Å². The van der Waals surface area contributed by atoms with Crippen LogP contribution >= 0.6 is 0 Å². The summed E-state index contributed by atoms with van der Waals surface area (Å²) < 4.78 is 33.9. The van der Waals surface area contributed by atoms with E-state index in [4.69, 9.17) is 28.4 Å². The molecule has 0 bridgehead atoms. The molecule has 3 heterocycles. The molecule has 5 rings (SSSR count). The van der Waals surface area contributed by atoms with Crippen molar-refractivity contribution in [2.24, 2.45) is 17.8 Å². The fraction of sp³-hybridized carbons (Fsp3) is 0.608. The Balaban J connectivity index is 1.43. The van der Waals surface area contributed by atoms with Crippen LogP contribution in [0.2, 0.25) is 0 Å². The highest BCUT2D eigenvalue weighted by Gasteiger charge is 2.40. The van der Waals surface area contributed by atoms with Crippen molar-refractivity contribution in [3.05, 3.63) is 59.7 Å². The molecule has 2 aromatic carbocycles. The lowest BCUT2D eigenvalue weighted by atomic mass is 9.89. The third-order valence-corrected chi connectivity index (χ3v) is 12.9. The average Bonchev–Trinajstić information content (AvgIpc) is 3.33. The molecule has 0 aliphatic carbocycles. The van der Waals surface area contributed by atoms with E-state index < -0.39 is 115 Å². The van der Waals surface area contributed by atoms with E-state index in [2.05, 4.69) is 15.1 Å². The number of rotatable bonds is 8. The first kappa shape index (κ1) is 55.6. The number of anilines is 2. The Labute approximate surface area is 416 Å². The van der Waals surface area contributed by atoms with Gasteiger partial charge < -0.3 is 58.2 Å². The van der Waals surface area contributed by atoms with Crippen molar-refractivity contribution in [2.75, 3.05) is 96.6 Å². The van der Waals surface area contributed by atoms with Gasteiger partial charge >= 0.3 is 23.9 Å². The molecule has 0 aromatic heterocycles. The van der Waals surface area contributed by atoms with Crippen molar-refractivity contribution >= 4 is 58.9 Å². The van der Waals surface area contributed by atoms with E-state index in [-0.39, 0.29) is 12.8 Å². The lowest BCUT2D eigenvalue weighted by Crippen LogP contribution is -2.52. The molecule has 71 heavy (non-hydrogen) atoms. The molecule has 20 heteroatoms. The first-order valence-electron chi connectivity index (χ1n) is 24.3. The van der Waals surface area contributed by atoms with Crippen LogP contribution in [0.15, 0.2) is 48.5 Å². The highest BCUT2D eigenvalue weighted by atomic mass is 16.6. The molecule has 3 aliphatic rings. The van der Waals surface area contributed by atoms with Crippen LogP contribution in [0.3, 0.4) is 0 Å². The third kappa shape index (κ3) is 15.4. The zero-order chi connectivity index (χ0) is 52.1. The maximum absolute atomic E-state index is 14.2. The second kappa shape index (κ2) is 25.7. The summed E-state index contributed by atoms with van der Waals surface area (Å²) >= 11 is 0. The highest BCUT2D eigenvalue weighted by molar-refractivity contribution is 5.92. The van der Waals surface area contributed by atoms with E-state index in [1.54, 1.807) is 46.8 Å². The number of esters is 4. The Kier molecular flexibility index (Phi) is 20.2. The molecule has 3 aliphatic heterocycles. The Bertz CT molecular complexity index is 2180. The molecule has 3 fully saturated rings. The SMILES string of the molecule is CC1OC(=O)CN(C)C(=O)C(Cc2ccc(N3CCOCC3)cc2)OC(=O)C(C(C)C)N(C)C(=O)C(C)OC(=O)CN(C)C(=O)C(Cc2ccc(N3CCOCC3)cc2)OC(=O)C(C(C)C)C(C)NC1=O. The molecule has 0 spiro atoms. The number of hydrogen-bond acceptors (Lipinski definition) is 16. The van der Waals surface area contributed by atoms with Crippen molar-refractivity contribution in [1.82, 2.24) is 20.0 Å². The number of ether oxygens (including phenoxy) is 6. The first-order chi connectivity index (χ1) is 33.6. The fourth-order valence-corrected chi connectivity index (χ4v) is 8.94. The summed E-state index contributed by atoms with van der Waals surface area (Å²) in [6.45, 7) is 15.0. The molecular weight excluding hydrogens is 921 g/mol. The molecule has 390 valence electrons. The number of benzene rings is 2.